The van der Waals surface area contributed by atoms with E-state index >= 15 is 0 Å². The molecule has 0 aromatic rings. The van der Waals surface area contributed by atoms with Gasteiger partial charge in [-0.3, -0.25) is 0 Å². The molecule has 0 aromatic heterocycles. The number of rotatable bonds is 3. The van der Waals surface area contributed by atoms with Gasteiger partial charge in [0.25, 0.3) is 0 Å². The maximum absolute atomic E-state index is 11.5. The standard InChI is InChI=1S/C25H35NO3/c1-24-12-8-20-19-5-3-2-4-17(19)6-7-21(20)22(24)9-13-25(24,14-10-23(27)28)18-11-15-26(29)16-18/h2,4,6,10,14,18-22,29H,3,5,7-9,11-13,15-16H2,1H3,(H,27,28)/b14-10-/t18-,19-,20+,21+,22-,24-,25-/m0/s1. The van der Waals surface area contributed by atoms with Gasteiger partial charge in [-0.05, 0) is 97.4 Å². The predicted molar refractivity (Wildman–Crippen MR) is 112 cm³/mol. The van der Waals surface area contributed by atoms with E-state index in [1.54, 1.807) is 5.57 Å². The van der Waals surface area contributed by atoms with Crippen molar-refractivity contribution in [3.63, 3.8) is 0 Å². The van der Waals surface area contributed by atoms with Crippen LogP contribution in [0.15, 0.2) is 36.0 Å². The zero-order valence-electron chi connectivity index (χ0n) is 17.6. The highest BCUT2D eigenvalue weighted by atomic mass is 16.5. The number of aliphatic carboxylic acids is 1. The fourth-order valence-electron chi connectivity index (χ4n) is 8.47. The highest BCUT2D eigenvalue weighted by Crippen LogP contribution is 2.70. The molecular formula is C25H35NO3. The van der Waals surface area contributed by atoms with Crippen molar-refractivity contribution < 1.29 is 15.1 Å². The first-order valence-corrected chi connectivity index (χ1v) is 11.7. The minimum Gasteiger partial charge on any atom is -0.478 e. The van der Waals surface area contributed by atoms with Crippen LogP contribution >= 0.6 is 0 Å². The number of carboxylic acid groups (broad SMARTS) is 1. The summed E-state index contributed by atoms with van der Waals surface area (Å²) in [6.07, 6.45) is 20.1. The second kappa shape index (κ2) is 7.09. The Hall–Kier alpha value is -1.39. The Balaban J connectivity index is 1.50. The lowest BCUT2D eigenvalue weighted by Gasteiger charge is -2.57. The molecule has 0 bridgehead atoms. The van der Waals surface area contributed by atoms with Crippen LogP contribution in [0.2, 0.25) is 0 Å². The van der Waals surface area contributed by atoms with Gasteiger partial charge in [-0.2, -0.15) is 5.06 Å². The van der Waals surface area contributed by atoms with Gasteiger partial charge in [0.2, 0.25) is 0 Å². The molecule has 5 rings (SSSR count). The highest BCUT2D eigenvalue weighted by molar-refractivity contribution is 5.79. The Morgan fingerprint density at radius 1 is 1.21 bits per heavy atom. The first kappa shape index (κ1) is 19.6. The Morgan fingerprint density at radius 2 is 2.07 bits per heavy atom. The molecule has 0 amide bonds. The monoisotopic (exact) mass is 397 g/mol. The number of carbonyl (C=O) groups is 1. The van der Waals surface area contributed by atoms with Gasteiger partial charge in [-0.1, -0.05) is 31.2 Å². The van der Waals surface area contributed by atoms with Crippen molar-refractivity contribution in [2.45, 2.75) is 58.3 Å². The van der Waals surface area contributed by atoms with E-state index in [9.17, 15) is 15.1 Å². The first-order chi connectivity index (χ1) is 13.9. The summed E-state index contributed by atoms with van der Waals surface area (Å²) < 4.78 is 0. The molecule has 29 heavy (non-hydrogen) atoms. The average Bonchev–Trinajstić information content (AvgIpc) is 3.27. The number of hydrogen-bond acceptors (Lipinski definition) is 3. The summed E-state index contributed by atoms with van der Waals surface area (Å²) in [5, 5.41) is 21.0. The molecule has 0 unspecified atom stereocenters. The summed E-state index contributed by atoms with van der Waals surface area (Å²) in [6, 6.07) is 0. The minimum atomic E-state index is -0.844. The first-order valence-electron chi connectivity index (χ1n) is 11.7. The third kappa shape index (κ3) is 2.90. The maximum atomic E-state index is 11.5. The Morgan fingerprint density at radius 3 is 2.83 bits per heavy atom. The molecule has 4 aliphatic carbocycles. The number of carboxylic acids is 1. The van der Waals surface area contributed by atoms with Crippen LogP contribution in [0.25, 0.3) is 0 Å². The molecule has 0 spiro atoms. The Labute approximate surface area is 174 Å². The Kier molecular flexibility index (Phi) is 4.78. The van der Waals surface area contributed by atoms with Gasteiger partial charge < -0.3 is 10.3 Å². The zero-order chi connectivity index (χ0) is 20.2. The molecule has 0 radical (unpaired) electrons. The number of fused-ring (bicyclic) bond motifs is 5. The lowest BCUT2D eigenvalue weighted by molar-refractivity contribution is -0.131. The maximum Gasteiger partial charge on any atom is 0.327 e. The number of allylic oxidation sites excluding steroid dienone is 5. The summed E-state index contributed by atoms with van der Waals surface area (Å²) >= 11 is 0. The lowest BCUT2D eigenvalue weighted by Crippen LogP contribution is -2.51. The molecule has 1 heterocycles. The summed E-state index contributed by atoms with van der Waals surface area (Å²) in [6.45, 7) is 3.85. The molecule has 2 N–H and O–H groups in total. The SMILES string of the molecule is C[C@]12CC[C@H]3[C@@H](CC=C4C=CCC[C@@H]43)[C@@H]1CC[C@]2(/C=C\C(=O)O)[C@H]1CCN(O)C1. The van der Waals surface area contributed by atoms with Gasteiger partial charge in [-0.25, -0.2) is 4.79 Å². The third-order valence-corrected chi connectivity index (χ3v) is 9.76. The van der Waals surface area contributed by atoms with Crippen molar-refractivity contribution in [2.75, 3.05) is 13.1 Å². The summed E-state index contributed by atoms with van der Waals surface area (Å²) in [7, 11) is 0. The molecule has 5 aliphatic rings. The van der Waals surface area contributed by atoms with Gasteiger partial charge in [0.05, 0.1) is 0 Å². The fraction of sp³-hybridized carbons (Fsp3) is 0.720. The number of hydrogen-bond donors (Lipinski definition) is 2. The van der Waals surface area contributed by atoms with E-state index in [2.05, 4.69) is 31.2 Å². The zero-order valence-corrected chi connectivity index (χ0v) is 17.6. The van der Waals surface area contributed by atoms with Crippen LogP contribution < -0.4 is 0 Å². The molecule has 2 saturated carbocycles. The predicted octanol–water partition coefficient (Wildman–Crippen LogP) is 5.06. The smallest absolute Gasteiger partial charge is 0.327 e. The molecule has 1 aliphatic heterocycles. The molecular weight excluding hydrogens is 362 g/mol. The quantitative estimate of drug-likeness (QED) is 0.653. The van der Waals surface area contributed by atoms with Crippen LogP contribution in [0.3, 0.4) is 0 Å². The number of hydroxylamine groups is 2. The van der Waals surface area contributed by atoms with Gasteiger partial charge in [0, 0.05) is 19.2 Å². The normalized spacial score (nSPS) is 47.0. The van der Waals surface area contributed by atoms with Crippen LogP contribution in [0.5, 0.6) is 0 Å². The van der Waals surface area contributed by atoms with E-state index < -0.39 is 5.97 Å². The van der Waals surface area contributed by atoms with Gasteiger partial charge in [0.15, 0.2) is 0 Å². The van der Waals surface area contributed by atoms with E-state index in [1.807, 2.05) is 0 Å². The van der Waals surface area contributed by atoms with Crippen LogP contribution in [0, 0.1) is 40.4 Å². The molecule has 7 atom stereocenters. The van der Waals surface area contributed by atoms with Crippen LogP contribution in [0.1, 0.15) is 58.3 Å². The molecule has 1 saturated heterocycles. The van der Waals surface area contributed by atoms with Crippen molar-refractivity contribution in [3.8, 4) is 0 Å². The van der Waals surface area contributed by atoms with Gasteiger partial charge in [0.1, 0.15) is 0 Å². The number of nitrogens with zero attached hydrogens (tertiary/aromatic N) is 1. The van der Waals surface area contributed by atoms with Gasteiger partial charge >= 0.3 is 5.97 Å². The molecule has 0 aromatic carbocycles. The van der Waals surface area contributed by atoms with Crippen molar-refractivity contribution in [1.29, 1.82) is 0 Å². The average molecular weight is 398 g/mol. The molecule has 4 heteroatoms. The van der Waals surface area contributed by atoms with E-state index in [0.717, 1.165) is 30.6 Å². The molecule has 4 nitrogen and oxygen atoms in total. The van der Waals surface area contributed by atoms with E-state index in [0.29, 0.717) is 24.9 Å². The van der Waals surface area contributed by atoms with Crippen LogP contribution in [0.4, 0.5) is 0 Å². The van der Waals surface area contributed by atoms with E-state index in [4.69, 9.17) is 0 Å². The lowest BCUT2D eigenvalue weighted by atomic mass is 9.47. The fourth-order valence-corrected chi connectivity index (χ4v) is 8.47. The van der Waals surface area contributed by atoms with Crippen LogP contribution in [-0.2, 0) is 4.79 Å². The third-order valence-electron chi connectivity index (χ3n) is 9.76. The largest absolute Gasteiger partial charge is 0.478 e. The minimum absolute atomic E-state index is 0.102. The van der Waals surface area contributed by atoms with Crippen molar-refractivity contribution in [1.82, 2.24) is 5.06 Å². The summed E-state index contributed by atoms with van der Waals surface area (Å²) in [5.41, 5.74) is 1.61. The second-order valence-electron chi connectivity index (χ2n) is 10.6. The van der Waals surface area contributed by atoms with E-state index in [-0.39, 0.29) is 10.8 Å². The van der Waals surface area contributed by atoms with Crippen LogP contribution in [-0.4, -0.2) is 34.4 Å². The Bertz CT molecular complexity index is 770. The molecule has 3 fully saturated rings. The topological polar surface area (TPSA) is 60.8 Å². The van der Waals surface area contributed by atoms with Crippen molar-refractivity contribution in [2.24, 2.45) is 40.4 Å². The molecule has 158 valence electrons. The summed E-state index contributed by atoms with van der Waals surface area (Å²) in [4.78, 5) is 11.5. The summed E-state index contributed by atoms with van der Waals surface area (Å²) in [5.74, 6) is 2.45. The van der Waals surface area contributed by atoms with Crippen molar-refractivity contribution in [3.05, 3.63) is 36.0 Å². The van der Waals surface area contributed by atoms with E-state index in [1.165, 1.54) is 49.7 Å². The van der Waals surface area contributed by atoms with Gasteiger partial charge in [-0.15, -0.1) is 0 Å². The highest BCUT2D eigenvalue weighted by Gasteiger charge is 2.63. The van der Waals surface area contributed by atoms with Crippen molar-refractivity contribution >= 4 is 5.97 Å². The second-order valence-corrected chi connectivity index (χ2v) is 10.6.